The maximum absolute atomic E-state index is 8.84. The summed E-state index contributed by atoms with van der Waals surface area (Å²) in [4.78, 5) is 1.18. The van der Waals surface area contributed by atoms with Crippen LogP contribution in [0.4, 0.5) is 0 Å². The van der Waals surface area contributed by atoms with Crippen LogP contribution in [0, 0.1) is 0 Å². The Hall–Kier alpha value is -0.850. The van der Waals surface area contributed by atoms with Crippen LogP contribution in [-0.2, 0) is 0 Å². The van der Waals surface area contributed by atoms with E-state index in [1.807, 2.05) is 6.07 Å². The third kappa shape index (κ3) is 2.46. The zero-order valence-corrected chi connectivity index (χ0v) is 11.6. The zero-order chi connectivity index (χ0) is 12.4. The van der Waals surface area contributed by atoms with Gasteiger partial charge in [0, 0.05) is 18.4 Å². The standard InChI is InChI=1S/C12H15N3OS2/c16-6-2-8-18-12-14-13-11(10-3-1-7-17-10)15(12)9-4-5-9/h1,3,7,9,16H,2,4-6,8H2. The Kier molecular flexibility index (Phi) is 3.67. The summed E-state index contributed by atoms with van der Waals surface area (Å²) in [5.74, 6) is 1.89. The normalized spacial score (nSPS) is 15.2. The van der Waals surface area contributed by atoms with Crippen LogP contribution in [0.3, 0.4) is 0 Å². The second-order valence-corrected chi connectivity index (χ2v) is 6.32. The average Bonchev–Trinajstić information content (AvgIpc) is 2.93. The Labute approximate surface area is 114 Å². The first-order valence-corrected chi connectivity index (χ1v) is 7.99. The number of thioether (sulfide) groups is 1. The highest BCUT2D eigenvalue weighted by molar-refractivity contribution is 7.99. The van der Waals surface area contributed by atoms with E-state index in [1.165, 1.54) is 17.7 Å². The molecule has 0 bridgehead atoms. The van der Waals surface area contributed by atoms with E-state index in [2.05, 4.69) is 26.2 Å². The summed E-state index contributed by atoms with van der Waals surface area (Å²) in [5, 5.41) is 20.5. The minimum absolute atomic E-state index is 0.238. The predicted molar refractivity (Wildman–Crippen MR) is 74.0 cm³/mol. The molecule has 2 heterocycles. The minimum Gasteiger partial charge on any atom is -0.396 e. The Morgan fingerprint density at radius 3 is 3.00 bits per heavy atom. The molecule has 0 saturated heterocycles. The molecule has 96 valence electrons. The third-order valence-corrected chi connectivity index (χ3v) is 4.75. The van der Waals surface area contributed by atoms with Gasteiger partial charge in [-0.05, 0) is 30.7 Å². The van der Waals surface area contributed by atoms with Crippen LogP contribution >= 0.6 is 23.1 Å². The van der Waals surface area contributed by atoms with Gasteiger partial charge < -0.3 is 5.11 Å². The molecule has 1 fully saturated rings. The largest absolute Gasteiger partial charge is 0.396 e. The van der Waals surface area contributed by atoms with Crippen LogP contribution in [0.1, 0.15) is 25.3 Å². The molecular formula is C12H15N3OS2. The molecular weight excluding hydrogens is 266 g/mol. The highest BCUT2D eigenvalue weighted by atomic mass is 32.2. The van der Waals surface area contributed by atoms with Crippen molar-refractivity contribution in [1.82, 2.24) is 14.8 Å². The summed E-state index contributed by atoms with van der Waals surface area (Å²) in [7, 11) is 0. The van der Waals surface area contributed by atoms with E-state index in [-0.39, 0.29) is 6.61 Å². The summed E-state index contributed by atoms with van der Waals surface area (Å²) < 4.78 is 2.27. The van der Waals surface area contributed by atoms with E-state index in [9.17, 15) is 0 Å². The fourth-order valence-corrected chi connectivity index (χ4v) is 3.47. The summed E-state index contributed by atoms with van der Waals surface area (Å²) in [6.45, 7) is 0.238. The molecule has 1 N–H and O–H groups in total. The first-order chi connectivity index (χ1) is 8.90. The van der Waals surface area contributed by atoms with Crippen molar-refractivity contribution in [2.45, 2.75) is 30.5 Å². The quantitative estimate of drug-likeness (QED) is 0.653. The number of aromatic nitrogens is 3. The lowest BCUT2D eigenvalue weighted by Crippen LogP contribution is -1.99. The van der Waals surface area contributed by atoms with E-state index in [0.717, 1.165) is 23.2 Å². The number of hydrogen-bond donors (Lipinski definition) is 1. The van der Waals surface area contributed by atoms with Crippen LogP contribution in [0.2, 0.25) is 0 Å². The highest BCUT2D eigenvalue weighted by Crippen LogP contribution is 2.41. The van der Waals surface area contributed by atoms with Crippen LogP contribution in [0.5, 0.6) is 0 Å². The first-order valence-electron chi connectivity index (χ1n) is 6.12. The van der Waals surface area contributed by atoms with Gasteiger partial charge in [-0.15, -0.1) is 21.5 Å². The lowest BCUT2D eigenvalue weighted by atomic mass is 10.4. The Morgan fingerprint density at radius 2 is 2.33 bits per heavy atom. The number of aliphatic hydroxyl groups excluding tert-OH is 1. The molecule has 0 radical (unpaired) electrons. The second kappa shape index (κ2) is 5.42. The molecule has 2 aromatic heterocycles. The first kappa shape index (κ1) is 12.2. The van der Waals surface area contributed by atoms with Crippen LogP contribution in [-0.4, -0.2) is 32.2 Å². The van der Waals surface area contributed by atoms with Gasteiger partial charge in [-0.1, -0.05) is 17.8 Å². The molecule has 0 amide bonds. The SMILES string of the molecule is OCCCSc1nnc(-c2cccs2)n1C1CC1. The van der Waals surface area contributed by atoms with E-state index in [0.29, 0.717) is 6.04 Å². The number of rotatable bonds is 6. The van der Waals surface area contributed by atoms with Gasteiger partial charge in [0.2, 0.25) is 0 Å². The monoisotopic (exact) mass is 281 g/mol. The van der Waals surface area contributed by atoms with Gasteiger partial charge >= 0.3 is 0 Å². The van der Waals surface area contributed by atoms with Gasteiger partial charge in [0.05, 0.1) is 4.88 Å². The zero-order valence-electron chi connectivity index (χ0n) is 9.95. The molecule has 1 aliphatic carbocycles. The van der Waals surface area contributed by atoms with Gasteiger partial charge in [0.25, 0.3) is 0 Å². The second-order valence-electron chi connectivity index (χ2n) is 4.31. The Balaban J connectivity index is 1.86. The van der Waals surface area contributed by atoms with Crippen LogP contribution in [0.15, 0.2) is 22.7 Å². The van der Waals surface area contributed by atoms with Crippen LogP contribution < -0.4 is 0 Å². The molecule has 0 atom stereocenters. The van der Waals surface area contributed by atoms with Gasteiger partial charge in [0.15, 0.2) is 11.0 Å². The molecule has 2 aromatic rings. The fraction of sp³-hybridized carbons (Fsp3) is 0.500. The smallest absolute Gasteiger partial charge is 0.191 e. The van der Waals surface area contributed by atoms with Gasteiger partial charge in [-0.3, -0.25) is 4.57 Å². The number of thiophene rings is 1. The summed E-state index contributed by atoms with van der Waals surface area (Å²) in [6, 6.07) is 4.72. The van der Waals surface area contributed by atoms with Crippen molar-refractivity contribution in [1.29, 1.82) is 0 Å². The topological polar surface area (TPSA) is 50.9 Å². The van der Waals surface area contributed by atoms with Gasteiger partial charge in [-0.25, -0.2) is 0 Å². The summed E-state index contributed by atoms with van der Waals surface area (Å²) in [6.07, 6.45) is 3.25. The molecule has 3 rings (SSSR count). The summed E-state index contributed by atoms with van der Waals surface area (Å²) >= 11 is 3.40. The average molecular weight is 281 g/mol. The molecule has 18 heavy (non-hydrogen) atoms. The van der Waals surface area contributed by atoms with Crippen molar-refractivity contribution < 1.29 is 5.11 Å². The molecule has 1 saturated carbocycles. The van der Waals surface area contributed by atoms with E-state index in [1.54, 1.807) is 23.1 Å². The van der Waals surface area contributed by atoms with Crippen molar-refractivity contribution in [2.75, 3.05) is 12.4 Å². The maximum atomic E-state index is 8.84. The Bertz CT molecular complexity index is 505. The maximum Gasteiger partial charge on any atom is 0.191 e. The molecule has 1 aliphatic rings. The van der Waals surface area contributed by atoms with Crippen molar-refractivity contribution in [3.63, 3.8) is 0 Å². The van der Waals surface area contributed by atoms with Crippen molar-refractivity contribution in [2.24, 2.45) is 0 Å². The van der Waals surface area contributed by atoms with Crippen LogP contribution in [0.25, 0.3) is 10.7 Å². The van der Waals surface area contributed by atoms with E-state index < -0.39 is 0 Å². The molecule has 6 heteroatoms. The highest BCUT2D eigenvalue weighted by Gasteiger charge is 2.30. The lowest BCUT2D eigenvalue weighted by Gasteiger charge is -2.07. The Morgan fingerprint density at radius 1 is 1.44 bits per heavy atom. The number of aliphatic hydroxyl groups is 1. The number of hydrogen-bond acceptors (Lipinski definition) is 5. The fourth-order valence-electron chi connectivity index (χ4n) is 1.84. The summed E-state index contributed by atoms with van der Waals surface area (Å²) in [5.41, 5.74) is 0. The van der Waals surface area contributed by atoms with Crippen molar-refractivity contribution in [3.8, 4) is 10.7 Å². The predicted octanol–water partition coefficient (Wildman–Crippen LogP) is 2.82. The molecule has 4 nitrogen and oxygen atoms in total. The molecule has 0 aliphatic heterocycles. The molecule has 0 aromatic carbocycles. The molecule has 0 spiro atoms. The molecule has 0 unspecified atom stereocenters. The van der Waals surface area contributed by atoms with Crippen molar-refractivity contribution >= 4 is 23.1 Å². The van der Waals surface area contributed by atoms with Gasteiger partial charge in [-0.2, -0.15) is 0 Å². The third-order valence-electron chi connectivity index (χ3n) is 2.85. The van der Waals surface area contributed by atoms with Gasteiger partial charge in [0.1, 0.15) is 0 Å². The van der Waals surface area contributed by atoms with E-state index >= 15 is 0 Å². The minimum atomic E-state index is 0.238. The number of nitrogens with zero attached hydrogens (tertiary/aromatic N) is 3. The lowest BCUT2D eigenvalue weighted by molar-refractivity contribution is 0.296. The van der Waals surface area contributed by atoms with E-state index in [4.69, 9.17) is 5.11 Å². The van der Waals surface area contributed by atoms with Crippen molar-refractivity contribution in [3.05, 3.63) is 17.5 Å².